The molecule has 0 bridgehead atoms. The summed E-state index contributed by atoms with van der Waals surface area (Å²) in [4.78, 5) is 21.6. The summed E-state index contributed by atoms with van der Waals surface area (Å²) in [5.74, 6) is 1.52. The number of rotatable bonds is 12. The first-order valence-electron chi connectivity index (χ1n) is 12.1. The fourth-order valence-corrected chi connectivity index (χ4v) is 4.69. The normalized spacial score (nSPS) is 11.2. The van der Waals surface area contributed by atoms with Crippen LogP contribution >= 0.6 is 11.8 Å². The number of benzene rings is 2. The maximum atomic E-state index is 12.4. The molecule has 7 nitrogen and oxygen atoms in total. The minimum absolute atomic E-state index is 0.0625. The maximum Gasteiger partial charge on any atom is 0.251 e. The van der Waals surface area contributed by atoms with Gasteiger partial charge in [-0.2, -0.15) is 0 Å². The average Bonchev–Trinajstić information content (AvgIpc) is 3.25. The third-order valence-electron chi connectivity index (χ3n) is 5.66. The van der Waals surface area contributed by atoms with Crippen LogP contribution in [0.4, 0.5) is 0 Å². The molecule has 2 aromatic carbocycles. The van der Waals surface area contributed by atoms with E-state index in [0.717, 1.165) is 45.2 Å². The number of nitrogens with one attached hydrogen (secondary N) is 1. The van der Waals surface area contributed by atoms with Crippen LogP contribution in [0.2, 0.25) is 0 Å². The highest BCUT2D eigenvalue weighted by Gasteiger charge is 2.13. The maximum absolute atomic E-state index is 12.4. The first-order valence-corrected chi connectivity index (χ1v) is 13.1. The molecule has 188 valence electrons. The molecule has 0 atom stereocenters. The molecule has 2 heterocycles. The van der Waals surface area contributed by atoms with Gasteiger partial charge in [0.15, 0.2) is 5.16 Å². The molecule has 0 radical (unpaired) electrons. The lowest BCUT2D eigenvalue weighted by Crippen LogP contribution is -2.25. The number of hydrogen-bond donors (Lipinski definition) is 1. The van der Waals surface area contributed by atoms with Crippen molar-refractivity contribution in [1.82, 2.24) is 19.9 Å². The van der Waals surface area contributed by atoms with Gasteiger partial charge in [-0.1, -0.05) is 36.0 Å². The van der Waals surface area contributed by atoms with E-state index in [1.165, 1.54) is 0 Å². The quantitative estimate of drug-likeness (QED) is 0.208. The Kier molecular flexibility index (Phi) is 8.97. The number of nitrogens with zero attached hydrogens (tertiary/aromatic N) is 3. The Morgan fingerprint density at radius 2 is 1.81 bits per heavy atom. The molecule has 0 aliphatic rings. The Morgan fingerprint density at radius 3 is 2.53 bits per heavy atom. The predicted molar refractivity (Wildman–Crippen MR) is 144 cm³/mol. The van der Waals surface area contributed by atoms with Gasteiger partial charge in [0.25, 0.3) is 5.91 Å². The number of pyridine rings is 1. The van der Waals surface area contributed by atoms with Crippen LogP contribution in [0.1, 0.15) is 41.8 Å². The summed E-state index contributed by atoms with van der Waals surface area (Å²) in [6.45, 7) is 5.95. The van der Waals surface area contributed by atoms with E-state index in [2.05, 4.69) is 27.0 Å². The zero-order chi connectivity index (χ0) is 25.3. The molecule has 4 rings (SSSR count). The molecule has 0 aliphatic carbocycles. The molecule has 0 spiro atoms. The van der Waals surface area contributed by atoms with Crippen molar-refractivity contribution in [2.75, 3.05) is 20.3 Å². The monoisotopic (exact) mass is 504 g/mol. The molecular formula is C28H32N4O3S. The van der Waals surface area contributed by atoms with Crippen molar-refractivity contribution in [2.45, 2.75) is 43.8 Å². The summed E-state index contributed by atoms with van der Waals surface area (Å²) in [5, 5.41) is 3.88. The van der Waals surface area contributed by atoms with Crippen molar-refractivity contribution in [3.05, 3.63) is 83.7 Å². The third-order valence-corrected chi connectivity index (χ3v) is 6.70. The predicted octanol–water partition coefficient (Wildman–Crippen LogP) is 5.33. The van der Waals surface area contributed by atoms with E-state index in [9.17, 15) is 4.79 Å². The molecule has 1 amide bonds. The SMILES string of the molecule is COc1ccc(Cn2c(SCc3ccc(C(=O)NCCCOC(C)C)cc3)nc3ccncc32)cc1. The van der Waals surface area contributed by atoms with Crippen LogP contribution in [0, 0.1) is 0 Å². The van der Waals surface area contributed by atoms with Crippen LogP contribution in [0.15, 0.2) is 72.1 Å². The average molecular weight is 505 g/mol. The summed E-state index contributed by atoms with van der Waals surface area (Å²) in [7, 11) is 1.67. The van der Waals surface area contributed by atoms with Gasteiger partial charge >= 0.3 is 0 Å². The summed E-state index contributed by atoms with van der Waals surface area (Å²) in [5.41, 5.74) is 4.87. The van der Waals surface area contributed by atoms with Crippen molar-refractivity contribution >= 4 is 28.7 Å². The van der Waals surface area contributed by atoms with Gasteiger partial charge in [0, 0.05) is 30.7 Å². The molecule has 0 aliphatic heterocycles. The summed E-state index contributed by atoms with van der Waals surface area (Å²) >= 11 is 1.67. The number of amides is 1. The Hall–Kier alpha value is -3.36. The topological polar surface area (TPSA) is 78.3 Å². The first-order chi connectivity index (χ1) is 17.5. The standard InChI is InChI=1S/C28H32N4O3S/c1-20(2)35-16-4-14-30-27(33)23-9-5-22(6-10-23)19-36-28-31-25-13-15-29-17-26(25)32(28)18-21-7-11-24(34-3)12-8-21/h5-13,15,17,20H,4,14,16,18-19H2,1-3H3,(H,30,33). The number of ether oxygens (including phenoxy) is 2. The smallest absolute Gasteiger partial charge is 0.251 e. The van der Waals surface area contributed by atoms with Gasteiger partial charge in [-0.05, 0) is 61.7 Å². The van der Waals surface area contributed by atoms with Crippen molar-refractivity contribution in [3.8, 4) is 5.75 Å². The summed E-state index contributed by atoms with van der Waals surface area (Å²) in [6.07, 6.45) is 4.63. The number of carbonyl (C=O) groups excluding carboxylic acids is 1. The highest BCUT2D eigenvalue weighted by atomic mass is 32.2. The highest BCUT2D eigenvalue weighted by Crippen LogP contribution is 2.28. The molecule has 1 N–H and O–H groups in total. The summed E-state index contributed by atoms with van der Waals surface area (Å²) in [6, 6.07) is 17.8. The van der Waals surface area contributed by atoms with Gasteiger partial charge in [-0.15, -0.1) is 0 Å². The zero-order valence-corrected chi connectivity index (χ0v) is 21.8. The van der Waals surface area contributed by atoms with E-state index >= 15 is 0 Å². The Morgan fingerprint density at radius 1 is 1.06 bits per heavy atom. The molecule has 0 saturated carbocycles. The minimum Gasteiger partial charge on any atom is -0.497 e. The van der Waals surface area contributed by atoms with Gasteiger partial charge in [0.1, 0.15) is 5.75 Å². The molecule has 36 heavy (non-hydrogen) atoms. The second kappa shape index (κ2) is 12.6. The van der Waals surface area contributed by atoms with Crippen LogP contribution in [0.5, 0.6) is 5.75 Å². The number of carbonyl (C=O) groups is 1. The Labute approximate surface area is 216 Å². The second-order valence-electron chi connectivity index (χ2n) is 8.71. The van der Waals surface area contributed by atoms with Crippen molar-refractivity contribution in [2.24, 2.45) is 0 Å². The van der Waals surface area contributed by atoms with E-state index in [-0.39, 0.29) is 12.0 Å². The largest absolute Gasteiger partial charge is 0.497 e. The Balaban J connectivity index is 1.39. The number of methoxy groups -OCH3 is 1. The molecule has 0 unspecified atom stereocenters. The number of aromatic nitrogens is 3. The zero-order valence-electron chi connectivity index (χ0n) is 20.9. The van der Waals surface area contributed by atoms with E-state index in [1.54, 1.807) is 25.1 Å². The second-order valence-corrected chi connectivity index (χ2v) is 9.65. The number of imidazole rings is 1. The van der Waals surface area contributed by atoms with Crippen molar-refractivity contribution < 1.29 is 14.3 Å². The fourth-order valence-electron chi connectivity index (χ4n) is 3.72. The fraction of sp³-hybridized carbons (Fsp3) is 0.321. The van der Waals surface area contributed by atoms with Crippen molar-refractivity contribution in [1.29, 1.82) is 0 Å². The lowest BCUT2D eigenvalue weighted by atomic mass is 10.1. The number of fused-ring (bicyclic) bond motifs is 1. The lowest BCUT2D eigenvalue weighted by Gasteiger charge is -2.10. The van der Waals surface area contributed by atoms with E-state index in [0.29, 0.717) is 25.3 Å². The van der Waals surface area contributed by atoms with Crippen LogP contribution in [-0.4, -0.2) is 46.8 Å². The Bertz CT molecular complexity index is 1270. The van der Waals surface area contributed by atoms with Gasteiger partial charge in [-0.3, -0.25) is 9.78 Å². The molecule has 8 heteroatoms. The van der Waals surface area contributed by atoms with Gasteiger partial charge in [0.05, 0.1) is 37.0 Å². The van der Waals surface area contributed by atoms with Crippen LogP contribution in [-0.2, 0) is 17.0 Å². The van der Waals surface area contributed by atoms with E-state index in [1.807, 2.05) is 62.5 Å². The number of hydrogen-bond acceptors (Lipinski definition) is 6. The summed E-state index contributed by atoms with van der Waals surface area (Å²) < 4.78 is 13.0. The van der Waals surface area contributed by atoms with Gasteiger partial charge < -0.3 is 19.4 Å². The molecule has 0 fully saturated rings. The number of thioether (sulfide) groups is 1. The minimum atomic E-state index is -0.0625. The molecule has 0 saturated heterocycles. The van der Waals surface area contributed by atoms with Crippen LogP contribution < -0.4 is 10.1 Å². The first kappa shape index (κ1) is 25.7. The van der Waals surface area contributed by atoms with E-state index < -0.39 is 0 Å². The molecule has 4 aromatic rings. The van der Waals surface area contributed by atoms with Crippen LogP contribution in [0.25, 0.3) is 11.0 Å². The van der Waals surface area contributed by atoms with Gasteiger partial charge in [0.2, 0.25) is 0 Å². The third kappa shape index (κ3) is 6.86. The van der Waals surface area contributed by atoms with Crippen molar-refractivity contribution in [3.63, 3.8) is 0 Å². The van der Waals surface area contributed by atoms with Crippen LogP contribution in [0.3, 0.4) is 0 Å². The highest BCUT2D eigenvalue weighted by molar-refractivity contribution is 7.98. The lowest BCUT2D eigenvalue weighted by molar-refractivity contribution is 0.0757. The van der Waals surface area contributed by atoms with E-state index in [4.69, 9.17) is 14.5 Å². The molecule has 2 aromatic heterocycles. The molecular weight excluding hydrogens is 472 g/mol. The van der Waals surface area contributed by atoms with Gasteiger partial charge in [-0.25, -0.2) is 4.98 Å².